The van der Waals surface area contributed by atoms with Crippen molar-refractivity contribution in [3.63, 3.8) is 0 Å². The Balaban J connectivity index is 1.91. The number of likely N-dealkylation sites (N-methyl/N-ethyl adjacent to an activating group) is 1. The molecule has 0 fully saturated rings. The van der Waals surface area contributed by atoms with Gasteiger partial charge in [0.15, 0.2) is 0 Å². The molecule has 0 saturated heterocycles. The lowest BCUT2D eigenvalue weighted by Gasteiger charge is -2.27. The normalized spacial score (nSPS) is 12.8. The van der Waals surface area contributed by atoms with E-state index < -0.39 is 0 Å². The van der Waals surface area contributed by atoms with Gasteiger partial charge < -0.3 is 19.4 Å². The van der Waals surface area contributed by atoms with E-state index in [0.29, 0.717) is 30.3 Å². The summed E-state index contributed by atoms with van der Waals surface area (Å²) in [6, 6.07) is 8.04. The second-order valence-electron chi connectivity index (χ2n) is 6.14. The van der Waals surface area contributed by atoms with Crippen LogP contribution < -0.4 is 10.1 Å². The van der Waals surface area contributed by atoms with Crippen LogP contribution in [0.15, 0.2) is 28.7 Å². The summed E-state index contributed by atoms with van der Waals surface area (Å²) in [5.74, 6) is 2.50. The molecule has 1 aromatic carbocycles. The first-order valence-electron chi connectivity index (χ1n) is 7.85. The fraction of sp³-hybridized carbons (Fsp3) is 0.529. The summed E-state index contributed by atoms with van der Waals surface area (Å²) in [6.45, 7) is 5.90. The highest BCUT2D eigenvalue weighted by molar-refractivity contribution is 5.53. The van der Waals surface area contributed by atoms with Crippen molar-refractivity contribution in [3.05, 3.63) is 30.2 Å². The standard InChI is InChI=1S/C17H26N4O2/c1-12(2)15(21(3)4)10-18-11-16-19-20-17(23-16)13-6-8-14(22-5)9-7-13/h6-9,12,15,18H,10-11H2,1-5H3/t15-/m0/s1. The van der Waals surface area contributed by atoms with Crippen molar-refractivity contribution in [3.8, 4) is 17.2 Å². The Kier molecular flexibility index (Phi) is 6.12. The van der Waals surface area contributed by atoms with Crippen LogP contribution >= 0.6 is 0 Å². The van der Waals surface area contributed by atoms with Crippen LogP contribution in [-0.2, 0) is 6.54 Å². The Labute approximate surface area is 137 Å². The number of benzene rings is 1. The molecule has 23 heavy (non-hydrogen) atoms. The number of rotatable bonds is 8. The maximum absolute atomic E-state index is 5.71. The van der Waals surface area contributed by atoms with Crippen molar-refractivity contribution >= 4 is 0 Å². The minimum absolute atomic E-state index is 0.471. The van der Waals surface area contributed by atoms with Crippen molar-refractivity contribution < 1.29 is 9.15 Å². The number of hydrogen-bond donors (Lipinski definition) is 1. The molecule has 1 atom stereocenters. The highest BCUT2D eigenvalue weighted by Crippen LogP contribution is 2.21. The summed E-state index contributed by atoms with van der Waals surface area (Å²) in [5, 5.41) is 11.6. The summed E-state index contributed by atoms with van der Waals surface area (Å²) in [6.07, 6.45) is 0. The van der Waals surface area contributed by atoms with Gasteiger partial charge >= 0.3 is 0 Å². The number of aromatic nitrogens is 2. The van der Waals surface area contributed by atoms with Crippen LogP contribution in [-0.4, -0.2) is 48.9 Å². The molecule has 6 nitrogen and oxygen atoms in total. The molecule has 0 aliphatic carbocycles. The molecule has 6 heteroatoms. The topological polar surface area (TPSA) is 63.4 Å². The molecule has 0 spiro atoms. The SMILES string of the molecule is COc1ccc(-c2nnc(CNC[C@@H](C(C)C)N(C)C)o2)cc1. The molecule has 0 radical (unpaired) electrons. The second kappa shape index (κ2) is 8.08. The van der Waals surface area contributed by atoms with Crippen LogP contribution in [0.2, 0.25) is 0 Å². The Morgan fingerprint density at radius 3 is 2.43 bits per heavy atom. The van der Waals surface area contributed by atoms with Gasteiger partial charge in [0.1, 0.15) is 5.75 Å². The van der Waals surface area contributed by atoms with Gasteiger partial charge in [-0.15, -0.1) is 10.2 Å². The van der Waals surface area contributed by atoms with Crippen molar-refractivity contribution in [1.82, 2.24) is 20.4 Å². The highest BCUT2D eigenvalue weighted by atomic mass is 16.5. The van der Waals surface area contributed by atoms with E-state index in [2.05, 4.69) is 48.4 Å². The van der Waals surface area contributed by atoms with Crippen LogP contribution in [0.25, 0.3) is 11.5 Å². The van der Waals surface area contributed by atoms with Crippen LogP contribution in [0.4, 0.5) is 0 Å². The van der Waals surface area contributed by atoms with Crippen LogP contribution in [0.3, 0.4) is 0 Å². The van der Waals surface area contributed by atoms with Gasteiger partial charge in [-0.25, -0.2) is 0 Å². The Bertz CT molecular complexity index is 585. The summed E-state index contributed by atoms with van der Waals surface area (Å²) in [5.41, 5.74) is 0.887. The first kappa shape index (κ1) is 17.4. The molecule has 0 amide bonds. The van der Waals surface area contributed by atoms with Gasteiger partial charge in [-0.1, -0.05) is 13.8 Å². The molecular weight excluding hydrogens is 292 g/mol. The molecule has 0 unspecified atom stereocenters. The van der Waals surface area contributed by atoms with Crippen LogP contribution in [0, 0.1) is 5.92 Å². The van der Waals surface area contributed by atoms with Crippen molar-refractivity contribution in [2.45, 2.75) is 26.4 Å². The van der Waals surface area contributed by atoms with Crippen molar-refractivity contribution in [1.29, 1.82) is 0 Å². The monoisotopic (exact) mass is 318 g/mol. The zero-order chi connectivity index (χ0) is 16.8. The summed E-state index contributed by atoms with van der Waals surface area (Å²) >= 11 is 0. The van der Waals surface area contributed by atoms with Gasteiger partial charge in [0.2, 0.25) is 11.8 Å². The zero-order valence-corrected chi connectivity index (χ0v) is 14.5. The average Bonchev–Trinajstić information content (AvgIpc) is 2.99. The molecule has 1 heterocycles. The molecule has 0 aliphatic rings. The second-order valence-corrected chi connectivity index (χ2v) is 6.14. The lowest BCUT2D eigenvalue weighted by Crippen LogP contribution is -2.41. The fourth-order valence-corrected chi connectivity index (χ4v) is 2.52. The smallest absolute Gasteiger partial charge is 0.247 e. The maximum atomic E-state index is 5.71. The lowest BCUT2D eigenvalue weighted by atomic mass is 10.0. The number of nitrogens with one attached hydrogen (secondary N) is 1. The molecule has 1 N–H and O–H groups in total. The molecule has 0 bridgehead atoms. The first-order valence-corrected chi connectivity index (χ1v) is 7.85. The quantitative estimate of drug-likeness (QED) is 0.806. The first-order chi connectivity index (χ1) is 11.0. The van der Waals surface area contributed by atoms with E-state index in [9.17, 15) is 0 Å². The largest absolute Gasteiger partial charge is 0.497 e. The molecule has 2 rings (SSSR count). The Hall–Kier alpha value is -1.92. The third kappa shape index (κ3) is 4.77. The predicted molar refractivity (Wildman–Crippen MR) is 90.3 cm³/mol. The Morgan fingerprint density at radius 1 is 1.17 bits per heavy atom. The van der Waals surface area contributed by atoms with Gasteiger partial charge in [0.25, 0.3) is 0 Å². The predicted octanol–water partition coefficient (Wildman–Crippen LogP) is 2.42. The van der Waals surface area contributed by atoms with Crippen molar-refractivity contribution in [2.75, 3.05) is 27.7 Å². The van der Waals surface area contributed by atoms with E-state index in [4.69, 9.17) is 9.15 Å². The van der Waals surface area contributed by atoms with Crippen LogP contribution in [0.1, 0.15) is 19.7 Å². The molecule has 0 aliphatic heterocycles. The van der Waals surface area contributed by atoms with Gasteiger partial charge in [-0.2, -0.15) is 0 Å². The molecule has 0 saturated carbocycles. The number of hydrogen-bond acceptors (Lipinski definition) is 6. The molecular formula is C17H26N4O2. The number of nitrogens with zero attached hydrogens (tertiary/aromatic N) is 3. The van der Waals surface area contributed by atoms with Gasteiger partial charge in [-0.3, -0.25) is 0 Å². The third-order valence-corrected chi connectivity index (χ3v) is 3.87. The van der Waals surface area contributed by atoms with E-state index in [1.54, 1.807) is 7.11 Å². The lowest BCUT2D eigenvalue weighted by molar-refractivity contribution is 0.222. The number of ether oxygens (including phenoxy) is 1. The summed E-state index contributed by atoms with van der Waals surface area (Å²) in [4.78, 5) is 2.23. The van der Waals surface area contributed by atoms with E-state index in [1.807, 2.05) is 24.3 Å². The van der Waals surface area contributed by atoms with E-state index in [-0.39, 0.29) is 0 Å². The van der Waals surface area contributed by atoms with Gasteiger partial charge in [0.05, 0.1) is 13.7 Å². The summed E-state index contributed by atoms with van der Waals surface area (Å²) in [7, 11) is 5.84. The third-order valence-electron chi connectivity index (χ3n) is 3.87. The van der Waals surface area contributed by atoms with Gasteiger partial charge in [0, 0.05) is 18.2 Å². The average molecular weight is 318 g/mol. The van der Waals surface area contributed by atoms with E-state index in [0.717, 1.165) is 17.9 Å². The Morgan fingerprint density at radius 2 is 1.87 bits per heavy atom. The van der Waals surface area contributed by atoms with Crippen molar-refractivity contribution in [2.24, 2.45) is 5.92 Å². The van der Waals surface area contributed by atoms with E-state index >= 15 is 0 Å². The maximum Gasteiger partial charge on any atom is 0.247 e. The molecule has 126 valence electrons. The zero-order valence-electron chi connectivity index (χ0n) is 14.5. The number of methoxy groups -OCH3 is 1. The van der Waals surface area contributed by atoms with Gasteiger partial charge in [-0.05, 0) is 44.3 Å². The van der Waals surface area contributed by atoms with Crippen LogP contribution in [0.5, 0.6) is 5.75 Å². The highest BCUT2D eigenvalue weighted by Gasteiger charge is 2.16. The molecule has 1 aromatic heterocycles. The molecule has 2 aromatic rings. The minimum atomic E-state index is 0.471. The minimum Gasteiger partial charge on any atom is -0.497 e. The summed E-state index contributed by atoms with van der Waals surface area (Å²) < 4.78 is 10.9. The van der Waals surface area contributed by atoms with E-state index in [1.165, 1.54) is 0 Å². The fourth-order valence-electron chi connectivity index (χ4n) is 2.52.